The van der Waals surface area contributed by atoms with Crippen molar-refractivity contribution < 1.29 is 13.2 Å². The molecule has 2 aromatic carbocycles. The zero-order valence-electron chi connectivity index (χ0n) is 14.5. The minimum Gasteiger partial charge on any atom is -0.288 e. The number of nitrogens with one attached hydrogen (secondary N) is 1. The van der Waals surface area contributed by atoms with Crippen LogP contribution < -0.4 is 4.72 Å². The lowest BCUT2D eigenvalue weighted by molar-refractivity contribution is 0.104. The number of benzene rings is 2. The van der Waals surface area contributed by atoms with Crippen molar-refractivity contribution in [2.24, 2.45) is 0 Å². The minimum absolute atomic E-state index is 0.0857. The van der Waals surface area contributed by atoms with Crippen LogP contribution in [0.15, 0.2) is 47.4 Å². The van der Waals surface area contributed by atoms with Gasteiger partial charge in [0.1, 0.15) is 4.90 Å². The summed E-state index contributed by atoms with van der Waals surface area (Å²) in [5.74, 6) is -0.207. The molecule has 0 saturated carbocycles. The average molecular weight is 408 g/mol. The van der Waals surface area contributed by atoms with Gasteiger partial charge in [0, 0.05) is 16.3 Å². The first-order valence-electron chi connectivity index (χ1n) is 8.05. The Kier molecular flexibility index (Phi) is 5.21. The molecule has 0 fully saturated rings. The van der Waals surface area contributed by atoms with Crippen molar-refractivity contribution in [1.82, 2.24) is 4.72 Å². The fourth-order valence-electron chi connectivity index (χ4n) is 2.75. The molecule has 0 bridgehead atoms. The quantitative estimate of drug-likeness (QED) is 0.619. The fraction of sp³-hybridized carbons (Fsp3) is 0.211. The molecule has 0 radical (unpaired) electrons. The summed E-state index contributed by atoms with van der Waals surface area (Å²) in [6.45, 7) is 5.35. The fourth-order valence-corrected chi connectivity index (χ4v) is 5.69. The summed E-state index contributed by atoms with van der Waals surface area (Å²) in [5.41, 5.74) is 1.20. The first-order valence-corrected chi connectivity index (χ1v) is 10.7. The minimum atomic E-state index is -3.79. The summed E-state index contributed by atoms with van der Waals surface area (Å²) >= 11 is 7.49. The van der Waals surface area contributed by atoms with Crippen LogP contribution in [0.3, 0.4) is 0 Å². The van der Waals surface area contributed by atoms with E-state index in [9.17, 15) is 13.2 Å². The van der Waals surface area contributed by atoms with Gasteiger partial charge in [0.25, 0.3) is 0 Å². The van der Waals surface area contributed by atoms with Crippen molar-refractivity contribution in [3.05, 3.63) is 63.5 Å². The van der Waals surface area contributed by atoms with Crippen molar-refractivity contribution in [2.45, 2.75) is 31.7 Å². The van der Waals surface area contributed by atoms with Crippen molar-refractivity contribution in [3.63, 3.8) is 0 Å². The van der Waals surface area contributed by atoms with Gasteiger partial charge in [-0.25, -0.2) is 13.1 Å². The summed E-state index contributed by atoms with van der Waals surface area (Å²) in [6, 6.07) is 11.9. The number of hydrogen-bond donors (Lipinski definition) is 1. The molecular weight excluding hydrogens is 390 g/mol. The highest BCUT2D eigenvalue weighted by molar-refractivity contribution is 7.89. The van der Waals surface area contributed by atoms with Crippen LogP contribution in [-0.4, -0.2) is 20.2 Å². The number of sulfonamides is 1. The molecule has 0 atom stereocenters. The Bertz CT molecular complexity index is 1100. The number of fused-ring (bicyclic) bond motifs is 1. The molecule has 0 aliphatic carbocycles. The van der Waals surface area contributed by atoms with Crippen LogP contribution in [0.1, 0.15) is 34.6 Å². The molecule has 26 heavy (non-hydrogen) atoms. The molecule has 0 aliphatic heterocycles. The molecule has 0 saturated heterocycles. The van der Waals surface area contributed by atoms with Crippen LogP contribution in [0.5, 0.6) is 0 Å². The number of rotatable bonds is 5. The third-order valence-electron chi connectivity index (χ3n) is 3.92. The summed E-state index contributed by atoms with van der Waals surface area (Å²) in [6.07, 6.45) is 0. The summed E-state index contributed by atoms with van der Waals surface area (Å²) in [4.78, 5) is 13.5. The highest BCUT2D eigenvalue weighted by atomic mass is 35.5. The van der Waals surface area contributed by atoms with E-state index in [1.165, 1.54) is 23.5 Å². The molecule has 1 N–H and O–H groups in total. The van der Waals surface area contributed by atoms with Gasteiger partial charge in [0.2, 0.25) is 15.8 Å². The number of hydrogen-bond acceptors (Lipinski definition) is 4. The number of halogens is 1. The van der Waals surface area contributed by atoms with E-state index in [1.54, 1.807) is 19.9 Å². The monoisotopic (exact) mass is 407 g/mol. The maximum Gasteiger partial charge on any atom is 0.242 e. The second-order valence-electron chi connectivity index (χ2n) is 6.30. The summed E-state index contributed by atoms with van der Waals surface area (Å²) < 4.78 is 28.5. The van der Waals surface area contributed by atoms with Crippen molar-refractivity contribution in [2.75, 3.05) is 0 Å². The smallest absolute Gasteiger partial charge is 0.242 e. The second kappa shape index (κ2) is 7.12. The standard InChI is InChI=1S/C19H18ClNO3S2/c1-11(2)21-26(23,24)17-10-13(8-9-15(17)20)18(22)19-12(3)14-6-4-5-7-16(14)25-19/h4-11,21H,1-3H3. The van der Waals surface area contributed by atoms with Gasteiger partial charge >= 0.3 is 0 Å². The zero-order valence-corrected chi connectivity index (χ0v) is 16.9. The van der Waals surface area contributed by atoms with Crippen molar-refractivity contribution in [1.29, 1.82) is 0 Å². The molecule has 1 aromatic heterocycles. The van der Waals surface area contributed by atoms with E-state index in [2.05, 4.69) is 4.72 Å². The van der Waals surface area contributed by atoms with E-state index >= 15 is 0 Å². The van der Waals surface area contributed by atoms with E-state index in [0.29, 0.717) is 10.4 Å². The van der Waals surface area contributed by atoms with Crippen LogP contribution in [0.4, 0.5) is 0 Å². The summed E-state index contributed by atoms with van der Waals surface area (Å²) in [7, 11) is -3.79. The first kappa shape index (κ1) is 19.0. The predicted octanol–water partition coefficient (Wildman–Crippen LogP) is 4.78. The van der Waals surface area contributed by atoms with Crippen molar-refractivity contribution >= 4 is 48.8 Å². The van der Waals surface area contributed by atoms with Gasteiger partial charge in [-0.3, -0.25) is 4.79 Å². The third kappa shape index (κ3) is 3.55. The topological polar surface area (TPSA) is 63.2 Å². The lowest BCUT2D eigenvalue weighted by Crippen LogP contribution is -2.30. The molecule has 3 rings (SSSR count). The largest absolute Gasteiger partial charge is 0.288 e. The van der Waals surface area contributed by atoms with E-state index in [1.807, 2.05) is 31.2 Å². The maximum absolute atomic E-state index is 13.0. The Labute approximate surface area is 161 Å². The number of aryl methyl sites for hydroxylation is 1. The van der Waals surface area contributed by atoms with Crippen molar-refractivity contribution in [3.8, 4) is 0 Å². The molecule has 0 amide bonds. The average Bonchev–Trinajstić information content (AvgIpc) is 2.90. The Morgan fingerprint density at radius 1 is 1.15 bits per heavy atom. The summed E-state index contributed by atoms with van der Waals surface area (Å²) in [5, 5.41) is 1.12. The third-order valence-corrected chi connectivity index (χ3v) is 7.34. The lowest BCUT2D eigenvalue weighted by Gasteiger charge is -2.12. The number of thiophene rings is 1. The molecule has 0 aliphatic rings. The van der Waals surface area contributed by atoms with Gasteiger partial charge in [0.15, 0.2) is 0 Å². The van der Waals surface area contributed by atoms with E-state index in [4.69, 9.17) is 11.6 Å². The van der Waals surface area contributed by atoms with Crippen LogP contribution in [-0.2, 0) is 10.0 Å². The van der Waals surface area contributed by atoms with Gasteiger partial charge < -0.3 is 0 Å². The normalized spacial score (nSPS) is 12.0. The molecular formula is C19H18ClNO3S2. The molecule has 4 nitrogen and oxygen atoms in total. The number of carbonyl (C=O) groups excluding carboxylic acids is 1. The van der Waals surface area contributed by atoms with E-state index in [-0.39, 0.29) is 21.7 Å². The highest BCUT2D eigenvalue weighted by Gasteiger charge is 2.23. The Hall–Kier alpha value is -1.73. The zero-order chi connectivity index (χ0) is 19.1. The van der Waals surface area contributed by atoms with Crippen LogP contribution in [0.25, 0.3) is 10.1 Å². The molecule has 0 spiro atoms. The molecule has 1 heterocycles. The van der Waals surface area contributed by atoms with Gasteiger partial charge in [-0.1, -0.05) is 29.8 Å². The Morgan fingerprint density at radius 2 is 1.85 bits per heavy atom. The van der Waals surface area contributed by atoms with E-state index < -0.39 is 10.0 Å². The van der Waals surface area contributed by atoms with E-state index in [0.717, 1.165) is 15.6 Å². The Morgan fingerprint density at radius 3 is 2.50 bits per heavy atom. The van der Waals surface area contributed by atoms with Gasteiger partial charge in [0.05, 0.1) is 9.90 Å². The predicted molar refractivity (Wildman–Crippen MR) is 107 cm³/mol. The maximum atomic E-state index is 13.0. The first-order chi connectivity index (χ1) is 12.2. The number of ketones is 1. The van der Waals surface area contributed by atoms with Gasteiger partial charge in [-0.2, -0.15) is 0 Å². The lowest BCUT2D eigenvalue weighted by atomic mass is 10.1. The molecule has 7 heteroatoms. The van der Waals surface area contributed by atoms with Crippen LogP contribution in [0.2, 0.25) is 5.02 Å². The van der Waals surface area contributed by atoms with Crippen LogP contribution in [0, 0.1) is 6.92 Å². The Balaban J connectivity index is 2.08. The molecule has 136 valence electrons. The molecule has 0 unspecified atom stereocenters. The SMILES string of the molecule is Cc1c(C(=O)c2ccc(Cl)c(S(=O)(=O)NC(C)C)c2)sc2ccccc12. The molecule has 3 aromatic rings. The van der Waals surface area contributed by atoms with Gasteiger partial charge in [-0.15, -0.1) is 11.3 Å². The van der Waals surface area contributed by atoms with Gasteiger partial charge in [-0.05, 0) is 56.0 Å². The highest BCUT2D eigenvalue weighted by Crippen LogP contribution is 2.33. The second-order valence-corrected chi connectivity index (χ2v) is 9.44. The number of carbonyl (C=O) groups is 1. The van der Waals surface area contributed by atoms with Crippen LogP contribution >= 0.6 is 22.9 Å².